The van der Waals surface area contributed by atoms with Crippen molar-refractivity contribution in [2.45, 2.75) is 33.2 Å². The van der Waals surface area contributed by atoms with Crippen LogP contribution < -0.4 is 10.1 Å². The van der Waals surface area contributed by atoms with Crippen molar-refractivity contribution in [2.75, 3.05) is 13.7 Å². The lowest BCUT2D eigenvalue weighted by Gasteiger charge is -2.11. The van der Waals surface area contributed by atoms with Gasteiger partial charge in [-0.1, -0.05) is 18.2 Å². The van der Waals surface area contributed by atoms with E-state index in [-0.39, 0.29) is 12.5 Å². The maximum atomic E-state index is 12.0. The summed E-state index contributed by atoms with van der Waals surface area (Å²) in [5, 5.41) is 2.80. The van der Waals surface area contributed by atoms with Crippen LogP contribution in [0.5, 0.6) is 5.75 Å². The minimum absolute atomic E-state index is 0.0830. The van der Waals surface area contributed by atoms with Crippen molar-refractivity contribution in [3.05, 3.63) is 58.9 Å². The van der Waals surface area contributed by atoms with Gasteiger partial charge in [0.05, 0.1) is 31.5 Å². The third-order valence-corrected chi connectivity index (χ3v) is 3.91. The number of nitrogens with zero attached hydrogens (tertiary/aromatic N) is 1. The molecule has 2 aromatic rings. The Morgan fingerprint density at radius 3 is 2.58 bits per heavy atom. The van der Waals surface area contributed by atoms with Crippen LogP contribution in [0.25, 0.3) is 0 Å². The molecule has 0 aliphatic heterocycles. The Bertz CT molecular complexity index is 754. The first kappa shape index (κ1) is 19.4. The van der Waals surface area contributed by atoms with E-state index in [9.17, 15) is 9.59 Å². The van der Waals surface area contributed by atoms with E-state index in [4.69, 9.17) is 4.74 Å². The third kappa shape index (κ3) is 5.58. The summed E-state index contributed by atoms with van der Waals surface area (Å²) < 4.78 is 10.5. The molecule has 1 aromatic carbocycles. The van der Waals surface area contributed by atoms with Gasteiger partial charge in [0.25, 0.3) is 0 Å². The maximum absolute atomic E-state index is 12.0. The molecule has 0 saturated heterocycles. The standard InChI is InChI=1S/C20H24N2O4/c1-14-6-4-7-15(2)19(14)26-11-5-8-18(23)22-13-17-12-16(9-10-21-17)20(24)25-3/h4,6-7,9-10,12H,5,8,11,13H2,1-3H3,(H,22,23). The molecule has 6 heteroatoms. The number of ether oxygens (including phenoxy) is 2. The summed E-state index contributed by atoms with van der Waals surface area (Å²) in [6.45, 7) is 4.76. The van der Waals surface area contributed by atoms with Crippen LogP contribution in [0, 0.1) is 13.8 Å². The van der Waals surface area contributed by atoms with Crippen LogP contribution in [0.3, 0.4) is 0 Å². The number of carbonyl (C=O) groups is 2. The van der Waals surface area contributed by atoms with Crippen LogP contribution in [0.2, 0.25) is 0 Å². The molecule has 138 valence electrons. The Balaban J connectivity index is 1.73. The Labute approximate surface area is 153 Å². The minimum Gasteiger partial charge on any atom is -0.493 e. The number of benzene rings is 1. The molecule has 0 bridgehead atoms. The summed E-state index contributed by atoms with van der Waals surface area (Å²) in [7, 11) is 1.32. The van der Waals surface area contributed by atoms with E-state index in [2.05, 4.69) is 15.0 Å². The molecule has 0 aliphatic carbocycles. The number of amides is 1. The molecule has 6 nitrogen and oxygen atoms in total. The van der Waals surface area contributed by atoms with Gasteiger partial charge in [0.1, 0.15) is 5.75 Å². The van der Waals surface area contributed by atoms with Crippen molar-refractivity contribution in [2.24, 2.45) is 0 Å². The smallest absolute Gasteiger partial charge is 0.337 e. The van der Waals surface area contributed by atoms with Gasteiger partial charge in [0.15, 0.2) is 0 Å². The summed E-state index contributed by atoms with van der Waals surface area (Å²) in [6.07, 6.45) is 2.50. The number of hydrogen-bond donors (Lipinski definition) is 1. The van der Waals surface area contributed by atoms with Gasteiger partial charge in [0, 0.05) is 12.6 Å². The predicted octanol–water partition coefficient (Wildman–Crippen LogP) is 2.96. The number of nitrogens with one attached hydrogen (secondary N) is 1. The van der Waals surface area contributed by atoms with Crippen LogP contribution in [-0.4, -0.2) is 30.6 Å². The van der Waals surface area contributed by atoms with Crippen molar-refractivity contribution in [3.63, 3.8) is 0 Å². The number of pyridine rings is 1. The van der Waals surface area contributed by atoms with Crippen molar-refractivity contribution >= 4 is 11.9 Å². The highest BCUT2D eigenvalue weighted by molar-refractivity contribution is 5.89. The quantitative estimate of drug-likeness (QED) is 0.581. The maximum Gasteiger partial charge on any atom is 0.337 e. The number of carbonyl (C=O) groups excluding carboxylic acids is 2. The van der Waals surface area contributed by atoms with E-state index in [1.165, 1.54) is 13.3 Å². The van der Waals surface area contributed by atoms with E-state index in [1.54, 1.807) is 12.1 Å². The molecule has 0 unspecified atom stereocenters. The van der Waals surface area contributed by atoms with E-state index >= 15 is 0 Å². The molecule has 1 amide bonds. The summed E-state index contributed by atoms with van der Waals surface area (Å²) >= 11 is 0. The largest absolute Gasteiger partial charge is 0.493 e. The van der Waals surface area contributed by atoms with Crippen molar-refractivity contribution in [1.29, 1.82) is 0 Å². The normalized spacial score (nSPS) is 10.3. The SMILES string of the molecule is COC(=O)c1ccnc(CNC(=O)CCCOc2c(C)cccc2C)c1. The molecule has 0 radical (unpaired) electrons. The lowest BCUT2D eigenvalue weighted by molar-refractivity contribution is -0.121. The molecule has 1 N–H and O–H groups in total. The van der Waals surface area contributed by atoms with Crippen LogP contribution in [-0.2, 0) is 16.1 Å². The third-order valence-electron chi connectivity index (χ3n) is 3.91. The Kier molecular flexibility index (Phi) is 7.14. The Morgan fingerprint density at radius 2 is 1.88 bits per heavy atom. The number of esters is 1. The average molecular weight is 356 g/mol. The molecular weight excluding hydrogens is 332 g/mol. The van der Waals surface area contributed by atoms with E-state index < -0.39 is 5.97 Å². The summed E-state index contributed by atoms with van der Waals surface area (Å²) in [5.41, 5.74) is 3.19. The second-order valence-corrected chi connectivity index (χ2v) is 5.98. The zero-order chi connectivity index (χ0) is 18.9. The molecule has 26 heavy (non-hydrogen) atoms. The molecule has 0 fully saturated rings. The minimum atomic E-state index is -0.427. The topological polar surface area (TPSA) is 77.5 Å². The fourth-order valence-electron chi connectivity index (χ4n) is 2.53. The first-order chi connectivity index (χ1) is 12.5. The first-order valence-corrected chi connectivity index (χ1v) is 8.50. The van der Waals surface area contributed by atoms with Gasteiger partial charge in [0.2, 0.25) is 5.91 Å². The first-order valence-electron chi connectivity index (χ1n) is 8.50. The highest BCUT2D eigenvalue weighted by Gasteiger charge is 2.08. The van der Waals surface area contributed by atoms with Gasteiger partial charge in [-0.25, -0.2) is 4.79 Å². The lowest BCUT2D eigenvalue weighted by Crippen LogP contribution is -2.23. The van der Waals surface area contributed by atoms with E-state index in [0.29, 0.717) is 30.7 Å². The summed E-state index contributed by atoms with van der Waals surface area (Å²) in [6, 6.07) is 9.18. The number of aromatic nitrogens is 1. The highest BCUT2D eigenvalue weighted by atomic mass is 16.5. The molecule has 0 spiro atoms. The van der Waals surface area contributed by atoms with Crippen LogP contribution in [0.4, 0.5) is 0 Å². The number of aryl methyl sites for hydroxylation is 2. The predicted molar refractivity (Wildman–Crippen MR) is 98.1 cm³/mol. The van der Waals surface area contributed by atoms with Crippen LogP contribution >= 0.6 is 0 Å². The summed E-state index contributed by atoms with van der Waals surface area (Å²) in [4.78, 5) is 27.6. The van der Waals surface area contributed by atoms with Gasteiger partial charge in [-0.2, -0.15) is 0 Å². The second kappa shape index (κ2) is 9.56. The van der Waals surface area contributed by atoms with Gasteiger partial charge < -0.3 is 14.8 Å². The fraction of sp³-hybridized carbons (Fsp3) is 0.350. The number of hydrogen-bond acceptors (Lipinski definition) is 5. The van der Waals surface area contributed by atoms with Gasteiger partial charge in [-0.05, 0) is 43.5 Å². The molecule has 1 aromatic heterocycles. The van der Waals surface area contributed by atoms with Crippen LogP contribution in [0.1, 0.15) is 40.0 Å². The van der Waals surface area contributed by atoms with Gasteiger partial charge >= 0.3 is 5.97 Å². The number of rotatable bonds is 8. The summed E-state index contributed by atoms with van der Waals surface area (Å²) in [5.74, 6) is 0.376. The molecule has 0 aliphatic rings. The fourth-order valence-corrected chi connectivity index (χ4v) is 2.53. The number of para-hydroxylation sites is 1. The molecular formula is C20H24N2O4. The Hall–Kier alpha value is -2.89. The molecule has 0 saturated carbocycles. The van der Waals surface area contributed by atoms with Crippen molar-refractivity contribution < 1.29 is 19.1 Å². The molecule has 2 rings (SSSR count). The number of methoxy groups -OCH3 is 1. The molecule has 1 heterocycles. The lowest BCUT2D eigenvalue weighted by atomic mass is 10.1. The van der Waals surface area contributed by atoms with E-state index in [1.807, 2.05) is 32.0 Å². The zero-order valence-corrected chi connectivity index (χ0v) is 15.4. The molecule has 0 atom stereocenters. The Morgan fingerprint density at radius 1 is 1.15 bits per heavy atom. The van der Waals surface area contributed by atoms with Gasteiger partial charge in [-0.15, -0.1) is 0 Å². The van der Waals surface area contributed by atoms with Crippen molar-refractivity contribution in [1.82, 2.24) is 10.3 Å². The highest BCUT2D eigenvalue weighted by Crippen LogP contribution is 2.22. The zero-order valence-electron chi connectivity index (χ0n) is 15.4. The van der Waals surface area contributed by atoms with Crippen LogP contribution in [0.15, 0.2) is 36.5 Å². The monoisotopic (exact) mass is 356 g/mol. The van der Waals surface area contributed by atoms with Gasteiger partial charge in [-0.3, -0.25) is 9.78 Å². The average Bonchev–Trinajstić information content (AvgIpc) is 2.65. The second-order valence-electron chi connectivity index (χ2n) is 5.98. The van der Waals surface area contributed by atoms with Crippen molar-refractivity contribution in [3.8, 4) is 5.75 Å². The van der Waals surface area contributed by atoms with E-state index in [0.717, 1.165) is 16.9 Å².